The summed E-state index contributed by atoms with van der Waals surface area (Å²) in [4.78, 5) is 0. The molecule has 0 aliphatic carbocycles. The number of hydrogen-bond acceptors (Lipinski definition) is 6. The second-order valence-electron chi connectivity index (χ2n) is 13.8. The summed E-state index contributed by atoms with van der Waals surface area (Å²) in [6.07, 6.45) is 0. The van der Waals surface area contributed by atoms with Crippen molar-refractivity contribution < 1.29 is 21.6 Å². The van der Waals surface area contributed by atoms with E-state index in [2.05, 4.69) is 107 Å². The first kappa shape index (κ1) is 34.4. The van der Waals surface area contributed by atoms with Gasteiger partial charge in [0.15, 0.2) is 11.5 Å². The Hall–Kier alpha value is -4.08. The number of benzene rings is 5. The quantitative estimate of drug-likeness (QED) is 0.181. The first-order valence-electron chi connectivity index (χ1n) is 17.0. The molecule has 0 N–H and O–H groups in total. The van der Waals surface area contributed by atoms with Gasteiger partial charge in [-0.1, -0.05) is 36.4 Å². The molecular weight excluding hydrogens is 678 g/mol. The second kappa shape index (κ2) is 12.9. The zero-order valence-electron chi connectivity index (χ0n) is 31.0. The van der Waals surface area contributed by atoms with E-state index in [9.17, 15) is 0 Å². The molecule has 2 heterocycles. The molecule has 8 heteroatoms. The highest BCUT2D eigenvalue weighted by Crippen LogP contribution is 2.49. The Balaban J connectivity index is 1.46. The van der Waals surface area contributed by atoms with Crippen molar-refractivity contribution in [2.24, 2.45) is 0 Å². The van der Waals surface area contributed by atoms with E-state index < -0.39 is 15.4 Å². The van der Waals surface area contributed by atoms with Gasteiger partial charge in [-0.15, -0.1) is 0 Å². The number of para-hydroxylation sites is 2. The molecule has 0 bridgehead atoms. The Morgan fingerprint density at radius 2 is 0.820 bits per heavy atom. The molecule has 258 valence electrons. The fourth-order valence-electron chi connectivity index (χ4n) is 7.07. The predicted molar refractivity (Wildman–Crippen MR) is 214 cm³/mol. The molecular formula is C42H44O5P2S. The van der Waals surface area contributed by atoms with Gasteiger partial charge in [-0.2, -0.15) is 0 Å². The van der Waals surface area contributed by atoms with Gasteiger partial charge in [-0.3, -0.25) is 0 Å². The van der Waals surface area contributed by atoms with E-state index >= 15 is 0 Å². The monoisotopic (exact) mass is 722 g/mol. The van der Waals surface area contributed by atoms with Crippen LogP contribution in [-0.2, 0) is 0 Å². The van der Waals surface area contributed by atoms with Crippen LogP contribution in [-0.4, -0.2) is 0 Å². The summed E-state index contributed by atoms with van der Waals surface area (Å²) in [6, 6.07) is 16.8. The van der Waals surface area contributed by atoms with Crippen molar-refractivity contribution in [1.29, 1.82) is 0 Å². The summed E-state index contributed by atoms with van der Waals surface area (Å²) in [5, 5.41) is 4.51. The zero-order valence-corrected chi connectivity index (χ0v) is 33.6. The summed E-state index contributed by atoms with van der Waals surface area (Å²) in [5.41, 5.74) is 16.5. The lowest BCUT2D eigenvalue weighted by Crippen LogP contribution is -1.90. The third-order valence-electron chi connectivity index (χ3n) is 10.3. The molecule has 1 atom stereocenters. The fourth-order valence-corrected chi connectivity index (χ4v) is 11.7. The normalized spacial score (nSPS) is 12.0. The summed E-state index contributed by atoms with van der Waals surface area (Å²) in [5.74, 6) is 1.12. The van der Waals surface area contributed by atoms with E-state index in [-0.39, 0.29) is 0 Å². The van der Waals surface area contributed by atoms with Gasteiger partial charge in [0.25, 0.3) is 0 Å². The second-order valence-corrected chi connectivity index (χ2v) is 17.6. The van der Waals surface area contributed by atoms with Crippen LogP contribution in [0.2, 0.25) is 0 Å². The largest absolute Gasteiger partial charge is 0.453 e. The van der Waals surface area contributed by atoms with E-state index in [1.807, 2.05) is 24.3 Å². The molecule has 0 aliphatic rings. The fraction of sp³-hybridized carbons (Fsp3) is 0.286. The standard InChI is InChI=1S/C42H44O5P2S/c1-21-17-25(5)35-36-26(6)18-22(2)30(10)40(36)46-48(45-39(35)29(21)9)43-33-15-13-14-16-34(33)44-49-47-41-31(11)23(3)19-27(7)37(41)38-28(8)20-24(4)32(12)42(38)50-49/h13-20H,1-12H3. The van der Waals surface area contributed by atoms with Crippen molar-refractivity contribution in [2.75, 3.05) is 0 Å². The molecule has 2 aromatic heterocycles. The summed E-state index contributed by atoms with van der Waals surface area (Å²) in [6.45, 7) is 25.8. The van der Waals surface area contributed by atoms with Crippen LogP contribution in [0.15, 0.2) is 61.1 Å². The van der Waals surface area contributed by atoms with Crippen molar-refractivity contribution >= 4 is 69.4 Å². The predicted octanol–water partition coefficient (Wildman–Crippen LogP) is 14.7. The molecule has 0 saturated heterocycles. The molecule has 0 fully saturated rings. The van der Waals surface area contributed by atoms with Gasteiger partial charge in [-0.25, -0.2) is 0 Å². The van der Waals surface area contributed by atoms with E-state index in [4.69, 9.17) is 21.6 Å². The van der Waals surface area contributed by atoms with Crippen molar-refractivity contribution in [3.8, 4) is 11.5 Å². The lowest BCUT2D eigenvalue weighted by atomic mass is 9.94. The van der Waals surface area contributed by atoms with Crippen LogP contribution in [0, 0.1) is 83.1 Å². The topological polar surface area (TPSA) is 57.9 Å². The SMILES string of the molecule is Cc1cc(C)c2c(op(Oc3ccccc3Op3oc4c(C)c(C)cc(C)c4c4c(C)cc(C)c(C)c4s3)oc3c(C)c(C)cc(C)c32)c1C. The van der Waals surface area contributed by atoms with Crippen molar-refractivity contribution in [3.05, 3.63) is 115 Å². The Morgan fingerprint density at radius 1 is 0.440 bits per heavy atom. The number of aryl methyl sites for hydroxylation is 12. The Bertz CT molecular complexity index is 2300. The van der Waals surface area contributed by atoms with E-state index in [0.29, 0.717) is 11.5 Å². The first-order chi connectivity index (χ1) is 23.7. The molecule has 7 aromatic rings. The minimum absolute atomic E-state index is 0.540. The maximum absolute atomic E-state index is 6.92. The molecule has 7 rings (SSSR count). The maximum Gasteiger partial charge on any atom is 0.453 e. The van der Waals surface area contributed by atoms with Crippen LogP contribution < -0.4 is 9.05 Å². The minimum Gasteiger partial charge on any atom is -0.409 e. The molecule has 0 amide bonds. The highest BCUT2D eigenvalue weighted by atomic mass is 32.6. The molecule has 0 saturated carbocycles. The number of rotatable bonds is 4. The Morgan fingerprint density at radius 3 is 1.30 bits per heavy atom. The van der Waals surface area contributed by atoms with E-state index in [1.54, 1.807) is 10.9 Å². The summed E-state index contributed by atoms with van der Waals surface area (Å²) < 4.78 is 35.2. The zero-order chi connectivity index (χ0) is 35.8. The molecule has 0 spiro atoms. The van der Waals surface area contributed by atoms with Gasteiger partial charge in [-0.05, 0) is 173 Å². The average Bonchev–Trinajstić information content (AvgIpc) is 3.35. The van der Waals surface area contributed by atoms with Gasteiger partial charge in [0.05, 0.1) is 0 Å². The smallest absolute Gasteiger partial charge is 0.409 e. The summed E-state index contributed by atoms with van der Waals surface area (Å²) in [7, 11) is -1.77. The molecule has 0 aliphatic heterocycles. The van der Waals surface area contributed by atoms with Crippen LogP contribution >= 0.6 is 26.4 Å². The average molecular weight is 723 g/mol. The van der Waals surface area contributed by atoms with Gasteiger partial charge >= 0.3 is 15.4 Å². The van der Waals surface area contributed by atoms with Crippen LogP contribution in [0.4, 0.5) is 0 Å². The number of hydrogen-bond donors (Lipinski definition) is 0. The van der Waals surface area contributed by atoms with Gasteiger partial charge in [0.1, 0.15) is 16.7 Å². The lowest BCUT2D eigenvalue weighted by molar-refractivity contribution is 0.474. The van der Waals surface area contributed by atoms with Crippen molar-refractivity contribution in [3.63, 3.8) is 0 Å². The van der Waals surface area contributed by atoms with Crippen molar-refractivity contribution in [1.82, 2.24) is 0 Å². The minimum atomic E-state index is -1.91. The van der Waals surface area contributed by atoms with Gasteiger partial charge in [0.2, 0.25) is 0 Å². The highest BCUT2D eigenvalue weighted by Gasteiger charge is 2.21. The molecule has 50 heavy (non-hydrogen) atoms. The summed E-state index contributed by atoms with van der Waals surface area (Å²) >= 11 is 0. The van der Waals surface area contributed by atoms with Crippen LogP contribution in [0.1, 0.15) is 66.8 Å². The van der Waals surface area contributed by atoms with Crippen LogP contribution in [0.5, 0.6) is 11.5 Å². The Labute approximate surface area is 299 Å². The maximum atomic E-state index is 6.92. The van der Waals surface area contributed by atoms with Crippen LogP contribution in [0.25, 0.3) is 43.0 Å². The van der Waals surface area contributed by atoms with E-state index in [0.717, 1.165) is 71.9 Å². The lowest BCUT2D eigenvalue weighted by Gasteiger charge is -2.11. The van der Waals surface area contributed by atoms with Crippen LogP contribution in [0.3, 0.4) is 0 Å². The van der Waals surface area contributed by atoms with E-state index in [1.165, 1.54) is 37.9 Å². The molecule has 1 unspecified atom stereocenters. The molecule has 5 nitrogen and oxygen atoms in total. The van der Waals surface area contributed by atoms with Gasteiger partial charge in [0, 0.05) is 26.2 Å². The highest BCUT2D eigenvalue weighted by molar-refractivity contribution is 7.87. The third kappa shape index (κ3) is 5.72. The first-order valence-corrected chi connectivity index (χ1v) is 20.7. The molecule has 5 aromatic carbocycles. The van der Waals surface area contributed by atoms with Gasteiger partial charge < -0.3 is 21.6 Å². The molecule has 0 radical (unpaired) electrons. The Kier molecular flexibility index (Phi) is 8.88. The number of fused-ring (bicyclic) bond motifs is 6. The third-order valence-corrected chi connectivity index (χ3v) is 14.3. The van der Waals surface area contributed by atoms with Crippen molar-refractivity contribution in [2.45, 2.75) is 83.1 Å².